The molecule has 0 aliphatic heterocycles. The molecular weight excluding hydrogens is 307 g/mol. The number of nitrogens with zero attached hydrogens (tertiary/aromatic N) is 2. The van der Waals surface area contributed by atoms with Crippen molar-refractivity contribution in [3.8, 4) is 0 Å². The van der Waals surface area contributed by atoms with Gasteiger partial charge in [0.2, 0.25) is 0 Å². The third-order valence-corrected chi connectivity index (χ3v) is 3.62. The van der Waals surface area contributed by atoms with Gasteiger partial charge < -0.3 is 10.6 Å². The summed E-state index contributed by atoms with van der Waals surface area (Å²) in [5, 5.41) is 13.8. The second-order valence-electron chi connectivity index (χ2n) is 5.54. The lowest BCUT2D eigenvalue weighted by atomic mass is 10.1. The van der Waals surface area contributed by atoms with Gasteiger partial charge in [-0.3, -0.25) is 4.79 Å². The molecule has 0 saturated carbocycles. The smallest absolute Gasteiger partial charge is 0.271 e. The van der Waals surface area contributed by atoms with Crippen molar-refractivity contribution in [3.63, 3.8) is 0 Å². The Labute approximate surface area is 141 Å². The van der Waals surface area contributed by atoms with Crippen molar-refractivity contribution >= 4 is 11.7 Å². The maximum atomic E-state index is 13.5. The number of anilines is 1. The van der Waals surface area contributed by atoms with E-state index in [1.807, 2.05) is 6.07 Å². The Bertz CT molecular complexity index is 646. The lowest BCUT2D eigenvalue weighted by Crippen LogP contribution is -2.25. The van der Waals surface area contributed by atoms with Crippen LogP contribution in [0.4, 0.5) is 10.2 Å². The first-order valence-electron chi connectivity index (χ1n) is 8.30. The average Bonchev–Trinajstić information content (AvgIpc) is 2.61. The molecule has 1 amide bonds. The van der Waals surface area contributed by atoms with Crippen LogP contribution in [0.15, 0.2) is 36.4 Å². The Morgan fingerprint density at radius 2 is 1.92 bits per heavy atom. The van der Waals surface area contributed by atoms with Gasteiger partial charge in [0.05, 0.1) is 0 Å². The molecule has 1 aromatic carbocycles. The molecule has 0 fully saturated rings. The minimum atomic E-state index is -0.212. The third-order valence-electron chi connectivity index (χ3n) is 3.62. The van der Waals surface area contributed by atoms with Crippen LogP contribution in [0.5, 0.6) is 0 Å². The number of rotatable bonds is 9. The van der Waals surface area contributed by atoms with Crippen LogP contribution >= 0.6 is 0 Å². The summed E-state index contributed by atoms with van der Waals surface area (Å²) in [6.45, 7) is 3.31. The molecule has 1 heterocycles. The molecule has 0 atom stereocenters. The van der Waals surface area contributed by atoms with E-state index in [0.717, 1.165) is 19.3 Å². The van der Waals surface area contributed by atoms with Gasteiger partial charge in [-0.2, -0.15) is 0 Å². The molecule has 2 aromatic rings. The van der Waals surface area contributed by atoms with Crippen LogP contribution in [0.25, 0.3) is 0 Å². The molecule has 0 aliphatic carbocycles. The van der Waals surface area contributed by atoms with Crippen molar-refractivity contribution in [3.05, 3.63) is 53.5 Å². The number of unbranched alkanes of at least 4 members (excludes halogenated alkanes) is 2. The maximum absolute atomic E-state index is 13.5. The van der Waals surface area contributed by atoms with Crippen LogP contribution in [0.3, 0.4) is 0 Å². The number of carbonyl (C=O) groups is 1. The zero-order valence-electron chi connectivity index (χ0n) is 13.9. The number of hydrogen-bond acceptors (Lipinski definition) is 4. The zero-order valence-corrected chi connectivity index (χ0v) is 13.9. The van der Waals surface area contributed by atoms with Crippen molar-refractivity contribution in [2.24, 2.45) is 0 Å². The minimum absolute atomic E-state index is 0.208. The molecule has 0 bridgehead atoms. The molecule has 0 aliphatic rings. The molecule has 0 saturated heterocycles. The summed E-state index contributed by atoms with van der Waals surface area (Å²) in [5.41, 5.74) is 0.951. The number of aromatic nitrogens is 2. The molecular formula is C18H23FN4O. The van der Waals surface area contributed by atoms with Gasteiger partial charge in [0.15, 0.2) is 5.69 Å². The lowest BCUT2D eigenvalue weighted by Gasteiger charge is -2.07. The third kappa shape index (κ3) is 5.61. The van der Waals surface area contributed by atoms with E-state index in [-0.39, 0.29) is 11.7 Å². The highest BCUT2D eigenvalue weighted by Gasteiger charge is 2.07. The van der Waals surface area contributed by atoms with Gasteiger partial charge in [-0.15, -0.1) is 10.2 Å². The van der Waals surface area contributed by atoms with Crippen molar-refractivity contribution in [2.45, 2.75) is 32.6 Å². The highest BCUT2D eigenvalue weighted by Crippen LogP contribution is 2.08. The van der Waals surface area contributed by atoms with Gasteiger partial charge in [0.25, 0.3) is 5.91 Å². The standard InChI is InChI=1S/C18H23FN4O/c1-2-3-6-12-21-18(24)16-9-10-17(23-22-16)20-13-11-14-7-4-5-8-15(14)19/h4-5,7-10H,2-3,6,11-13H2,1H3,(H,20,23)(H,21,24). The molecule has 2 rings (SSSR count). The largest absolute Gasteiger partial charge is 0.368 e. The van der Waals surface area contributed by atoms with E-state index in [4.69, 9.17) is 0 Å². The fourth-order valence-corrected chi connectivity index (χ4v) is 2.24. The van der Waals surface area contributed by atoms with Gasteiger partial charge in [0, 0.05) is 13.1 Å². The van der Waals surface area contributed by atoms with E-state index in [0.29, 0.717) is 36.6 Å². The van der Waals surface area contributed by atoms with E-state index in [9.17, 15) is 9.18 Å². The molecule has 0 radical (unpaired) electrons. The molecule has 0 spiro atoms. The van der Waals surface area contributed by atoms with Gasteiger partial charge >= 0.3 is 0 Å². The van der Waals surface area contributed by atoms with E-state index in [2.05, 4.69) is 27.8 Å². The van der Waals surface area contributed by atoms with Crippen molar-refractivity contribution in [1.29, 1.82) is 0 Å². The fraction of sp³-hybridized carbons (Fsp3) is 0.389. The van der Waals surface area contributed by atoms with E-state index >= 15 is 0 Å². The monoisotopic (exact) mass is 330 g/mol. The average molecular weight is 330 g/mol. The summed E-state index contributed by atoms with van der Waals surface area (Å²) in [6, 6.07) is 10.0. The Hall–Kier alpha value is -2.50. The normalized spacial score (nSPS) is 10.4. The summed E-state index contributed by atoms with van der Waals surface area (Å²) in [7, 11) is 0. The first-order chi connectivity index (χ1) is 11.7. The fourth-order valence-electron chi connectivity index (χ4n) is 2.24. The van der Waals surface area contributed by atoms with E-state index in [1.165, 1.54) is 6.07 Å². The van der Waals surface area contributed by atoms with Gasteiger partial charge in [-0.25, -0.2) is 4.39 Å². The summed E-state index contributed by atoms with van der Waals surface area (Å²) < 4.78 is 13.5. The number of benzene rings is 1. The molecule has 24 heavy (non-hydrogen) atoms. The van der Waals surface area contributed by atoms with Crippen LogP contribution in [0.2, 0.25) is 0 Å². The second-order valence-corrected chi connectivity index (χ2v) is 5.54. The Morgan fingerprint density at radius 3 is 2.62 bits per heavy atom. The van der Waals surface area contributed by atoms with Crippen LogP contribution in [-0.2, 0) is 6.42 Å². The molecule has 5 nitrogen and oxygen atoms in total. The Morgan fingerprint density at radius 1 is 1.08 bits per heavy atom. The summed E-state index contributed by atoms with van der Waals surface area (Å²) in [5.74, 6) is 0.144. The predicted octanol–water partition coefficient (Wildman–Crippen LogP) is 3.19. The van der Waals surface area contributed by atoms with Crippen LogP contribution in [0, 0.1) is 5.82 Å². The minimum Gasteiger partial charge on any atom is -0.368 e. The van der Waals surface area contributed by atoms with Crippen molar-refractivity contribution in [2.75, 3.05) is 18.4 Å². The Balaban J connectivity index is 1.77. The number of halogens is 1. The zero-order chi connectivity index (χ0) is 17.2. The van der Waals surface area contributed by atoms with Gasteiger partial charge in [0.1, 0.15) is 11.6 Å². The maximum Gasteiger partial charge on any atom is 0.271 e. The van der Waals surface area contributed by atoms with Gasteiger partial charge in [-0.1, -0.05) is 38.0 Å². The topological polar surface area (TPSA) is 66.9 Å². The van der Waals surface area contributed by atoms with Gasteiger partial charge in [-0.05, 0) is 36.6 Å². The highest BCUT2D eigenvalue weighted by molar-refractivity contribution is 5.92. The van der Waals surface area contributed by atoms with Crippen molar-refractivity contribution < 1.29 is 9.18 Å². The molecule has 2 N–H and O–H groups in total. The molecule has 1 aromatic heterocycles. The summed E-state index contributed by atoms with van der Waals surface area (Å²) >= 11 is 0. The first-order valence-corrected chi connectivity index (χ1v) is 8.30. The van der Waals surface area contributed by atoms with E-state index in [1.54, 1.807) is 24.3 Å². The SMILES string of the molecule is CCCCCNC(=O)c1ccc(NCCc2ccccc2F)nn1. The predicted molar refractivity (Wildman–Crippen MR) is 92.5 cm³/mol. The summed E-state index contributed by atoms with van der Waals surface area (Å²) in [4.78, 5) is 11.9. The molecule has 0 unspecified atom stereocenters. The quantitative estimate of drug-likeness (QED) is 0.693. The first kappa shape index (κ1) is 17.8. The van der Waals surface area contributed by atoms with Crippen LogP contribution in [-0.4, -0.2) is 29.2 Å². The Kier molecular flexibility index (Phi) is 7.14. The number of nitrogens with one attached hydrogen (secondary N) is 2. The summed E-state index contributed by atoms with van der Waals surface area (Å²) in [6.07, 6.45) is 3.72. The highest BCUT2D eigenvalue weighted by atomic mass is 19.1. The molecule has 128 valence electrons. The number of hydrogen-bond donors (Lipinski definition) is 2. The lowest BCUT2D eigenvalue weighted by molar-refractivity contribution is 0.0947. The molecule has 6 heteroatoms. The number of carbonyl (C=O) groups excluding carboxylic acids is 1. The van der Waals surface area contributed by atoms with Crippen LogP contribution in [0.1, 0.15) is 42.2 Å². The van der Waals surface area contributed by atoms with Crippen molar-refractivity contribution in [1.82, 2.24) is 15.5 Å². The van der Waals surface area contributed by atoms with Crippen LogP contribution < -0.4 is 10.6 Å². The van der Waals surface area contributed by atoms with E-state index < -0.39 is 0 Å². The number of amides is 1. The second kappa shape index (κ2) is 9.60.